The number of benzene rings is 1. The van der Waals surface area contributed by atoms with Crippen LogP contribution in [0.25, 0.3) is 46.4 Å². The predicted molar refractivity (Wildman–Crippen MR) is 125 cm³/mol. The minimum atomic E-state index is 0.939. The molecule has 2 N–H and O–H groups in total. The van der Waals surface area contributed by atoms with Crippen molar-refractivity contribution in [2.24, 2.45) is 0 Å². The summed E-state index contributed by atoms with van der Waals surface area (Å²) in [4.78, 5) is 16.0. The quantitative estimate of drug-likeness (QED) is 0.298. The molecule has 5 heteroatoms. The average molecular weight is 453 g/mol. The molecule has 4 nitrogen and oxygen atoms in total. The summed E-state index contributed by atoms with van der Waals surface area (Å²) in [5.41, 5.74) is 7.86. The third-order valence-electron chi connectivity index (χ3n) is 4.88. The molecule has 3 aromatic heterocycles. The molecule has 0 atom stereocenters. The van der Waals surface area contributed by atoms with Crippen molar-refractivity contribution >= 4 is 50.5 Å². The summed E-state index contributed by atoms with van der Waals surface area (Å²) >= 11 is 1.26. The number of H-pyrrole nitrogens is 2. The number of hydrogen-bond donors (Lipinski definition) is 2. The van der Waals surface area contributed by atoms with Crippen LogP contribution < -0.4 is 4.16 Å². The van der Waals surface area contributed by atoms with E-state index in [1.54, 1.807) is 0 Å². The first kappa shape index (κ1) is 19.4. The van der Waals surface area contributed by atoms with E-state index in [1.165, 1.54) is 22.5 Å². The molecular formula is C26H19N4Zn. The van der Waals surface area contributed by atoms with E-state index in [0.29, 0.717) is 0 Å². The van der Waals surface area contributed by atoms with E-state index in [1.807, 2.05) is 54.6 Å². The molecule has 145 valence electrons. The number of aromatic amines is 2. The first-order valence-electron chi connectivity index (χ1n) is 10.1. The van der Waals surface area contributed by atoms with Gasteiger partial charge in [0.15, 0.2) is 0 Å². The molecule has 2 aliphatic rings. The van der Waals surface area contributed by atoms with Gasteiger partial charge < -0.3 is 9.97 Å². The van der Waals surface area contributed by atoms with Crippen LogP contribution in [-0.2, 0) is 18.3 Å². The monoisotopic (exact) mass is 451 g/mol. The van der Waals surface area contributed by atoms with Crippen LogP contribution in [0.5, 0.6) is 0 Å². The van der Waals surface area contributed by atoms with E-state index in [9.17, 15) is 0 Å². The third-order valence-corrected chi connectivity index (χ3v) is 5.87. The van der Waals surface area contributed by atoms with E-state index in [-0.39, 0.29) is 0 Å². The van der Waals surface area contributed by atoms with Crippen LogP contribution in [-0.4, -0.2) is 19.9 Å². The normalized spacial score (nSPS) is 11.8. The summed E-state index contributed by atoms with van der Waals surface area (Å²) in [7, 11) is 0. The van der Waals surface area contributed by atoms with E-state index in [4.69, 9.17) is 0 Å². The molecule has 6 rings (SSSR count). The van der Waals surface area contributed by atoms with Crippen molar-refractivity contribution in [3.63, 3.8) is 0 Å². The summed E-state index contributed by atoms with van der Waals surface area (Å²) in [6, 6.07) is 26.8. The molecule has 8 bridgehead atoms. The first-order chi connectivity index (χ1) is 15.2. The van der Waals surface area contributed by atoms with E-state index >= 15 is 0 Å². The fraction of sp³-hybridized carbons (Fsp3) is 0. The van der Waals surface area contributed by atoms with Gasteiger partial charge in [-0.2, -0.15) is 0 Å². The number of fused-ring (bicyclic) bond motifs is 8. The van der Waals surface area contributed by atoms with Gasteiger partial charge in [-0.15, -0.1) is 0 Å². The minimum absolute atomic E-state index is 0.939. The van der Waals surface area contributed by atoms with Crippen molar-refractivity contribution in [3.8, 4) is 0 Å². The zero-order valence-corrected chi connectivity index (χ0v) is 19.9. The van der Waals surface area contributed by atoms with Crippen LogP contribution in [0.2, 0.25) is 0 Å². The fourth-order valence-corrected chi connectivity index (χ4v) is 3.99. The molecule has 5 heterocycles. The van der Waals surface area contributed by atoms with Crippen molar-refractivity contribution < 1.29 is 18.3 Å². The van der Waals surface area contributed by atoms with Crippen molar-refractivity contribution in [1.29, 1.82) is 0 Å². The second-order valence-corrected chi connectivity index (χ2v) is 9.10. The van der Waals surface area contributed by atoms with Crippen LogP contribution in [0.1, 0.15) is 22.8 Å². The second-order valence-electron chi connectivity index (χ2n) is 7.39. The predicted octanol–water partition coefficient (Wildman–Crippen LogP) is 5.51. The molecule has 0 radical (unpaired) electrons. The molecule has 0 saturated heterocycles. The Morgan fingerprint density at radius 3 is 1.13 bits per heavy atom. The molecular weight excluding hydrogens is 434 g/mol. The number of aromatic nitrogens is 4. The van der Waals surface area contributed by atoms with Crippen LogP contribution in [0.15, 0.2) is 78.9 Å². The third kappa shape index (κ3) is 4.96. The number of rotatable bonds is 0. The number of nitrogens with one attached hydrogen (secondary N) is 2. The van der Waals surface area contributed by atoms with Gasteiger partial charge >= 0.3 is 52.8 Å². The summed E-state index contributed by atoms with van der Waals surface area (Å²) < 4.78 is 1.45. The Kier molecular flexibility index (Phi) is 5.43. The summed E-state index contributed by atoms with van der Waals surface area (Å²) in [6.45, 7) is 0. The number of nitrogens with zero attached hydrogens (tertiary/aromatic N) is 2. The van der Waals surface area contributed by atoms with Gasteiger partial charge in [0.05, 0.1) is 22.8 Å². The maximum atomic E-state index is 4.63. The average Bonchev–Trinajstić information content (AvgIpc) is 3.55. The van der Waals surface area contributed by atoms with E-state index in [2.05, 4.69) is 68.5 Å². The van der Waals surface area contributed by atoms with Crippen molar-refractivity contribution in [1.82, 2.24) is 19.9 Å². The van der Waals surface area contributed by atoms with Crippen LogP contribution in [0, 0.1) is 0 Å². The Hall–Kier alpha value is -3.56. The van der Waals surface area contributed by atoms with Gasteiger partial charge in [-0.3, -0.25) is 0 Å². The van der Waals surface area contributed by atoms with Gasteiger partial charge in [0.1, 0.15) is 0 Å². The van der Waals surface area contributed by atoms with Gasteiger partial charge in [0, 0.05) is 22.1 Å². The molecule has 0 amide bonds. The molecule has 2 aliphatic heterocycles. The Balaban J connectivity index is 0.000000250. The second kappa shape index (κ2) is 8.67. The van der Waals surface area contributed by atoms with Gasteiger partial charge in [-0.25, -0.2) is 9.97 Å². The Bertz CT molecular complexity index is 1270. The van der Waals surface area contributed by atoms with Crippen molar-refractivity contribution in [2.45, 2.75) is 0 Å². The Morgan fingerprint density at radius 1 is 0.484 bits per heavy atom. The molecule has 0 unspecified atom stereocenters. The van der Waals surface area contributed by atoms with E-state index < -0.39 is 0 Å². The number of hydrogen-bond acceptors (Lipinski definition) is 2. The first-order valence-corrected chi connectivity index (χ1v) is 11.6. The van der Waals surface area contributed by atoms with Crippen molar-refractivity contribution in [2.75, 3.05) is 0 Å². The Labute approximate surface area is 190 Å². The van der Waals surface area contributed by atoms with Gasteiger partial charge in [0.2, 0.25) is 0 Å². The van der Waals surface area contributed by atoms with Gasteiger partial charge in [-0.05, 0) is 72.8 Å². The summed E-state index contributed by atoms with van der Waals surface area (Å²) in [5.74, 6) is 0. The van der Waals surface area contributed by atoms with Crippen LogP contribution in [0.3, 0.4) is 0 Å². The topological polar surface area (TPSA) is 57.4 Å². The maximum absolute atomic E-state index is 4.63. The SMILES string of the molecule is C1=Cc2cc3ccc(cc4nc(cc5ccc(cc1n2)[nH]5)C=C4)[nH]3.[Zn][c]1ccccc1. The molecule has 0 aliphatic carbocycles. The van der Waals surface area contributed by atoms with E-state index in [0.717, 1.165) is 44.8 Å². The molecule has 4 aromatic rings. The summed E-state index contributed by atoms with van der Waals surface area (Å²) in [5, 5.41) is 0. The molecule has 0 saturated carbocycles. The Morgan fingerprint density at radius 2 is 0.839 bits per heavy atom. The molecule has 31 heavy (non-hydrogen) atoms. The van der Waals surface area contributed by atoms with Crippen LogP contribution >= 0.6 is 0 Å². The fourth-order valence-electron chi connectivity index (χ4n) is 3.42. The molecule has 0 fully saturated rings. The standard InChI is InChI=1S/C20H14N4.C6H5.Zn/c1-2-14-10-16-5-6-18(23-16)12-20-8-7-19(24-20)11-17-4-3-15(22-17)9-13(1)21-14;1-2-4-6-5-3-1;/h1-12,21,24H;1-5H;. The van der Waals surface area contributed by atoms with Gasteiger partial charge in [-0.1, -0.05) is 0 Å². The summed E-state index contributed by atoms with van der Waals surface area (Å²) in [6.07, 6.45) is 8.09. The van der Waals surface area contributed by atoms with Crippen LogP contribution in [0.4, 0.5) is 0 Å². The van der Waals surface area contributed by atoms with Crippen molar-refractivity contribution in [3.05, 3.63) is 102 Å². The molecule has 0 spiro atoms. The van der Waals surface area contributed by atoms with Gasteiger partial charge in [0.25, 0.3) is 0 Å². The zero-order chi connectivity index (χ0) is 21.0. The zero-order valence-electron chi connectivity index (χ0n) is 16.9. The molecule has 1 aromatic carbocycles.